The first kappa shape index (κ1) is 26.7. The number of amides is 1. The second-order valence-electron chi connectivity index (χ2n) is 8.45. The summed E-state index contributed by atoms with van der Waals surface area (Å²) in [5, 5.41) is 16.9. The summed E-state index contributed by atoms with van der Waals surface area (Å²) in [7, 11) is 0. The number of H-pyrrole nitrogens is 1. The minimum atomic E-state index is -0.966. The van der Waals surface area contributed by atoms with E-state index in [1.54, 1.807) is 37.8 Å². The standard InChI is InChI=1S/C27H22FN9O4/c1-2-36-27(40)37(18-5-3-17(28)4-6-18)26(39)24(35-36)25(38)34-23-8-7-19(13-32-23)41-22-11-16(21-14-30-15-33-21)12-31-20(22)9-10-29/h3-15,29,31H,2H2,1H3,(H,30,33)(H,32,34,38)/b20-9-,29-10?. The summed E-state index contributed by atoms with van der Waals surface area (Å²) >= 11 is 0. The second kappa shape index (κ2) is 11.4. The number of ether oxygens (including phenoxy) is 1. The van der Waals surface area contributed by atoms with Crippen molar-refractivity contribution in [3.05, 3.63) is 123 Å². The van der Waals surface area contributed by atoms with Crippen LogP contribution in [-0.2, 0) is 6.54 Å². The third-order valence-electron chi connectivity index (χ3n) is 5.82. The lowest BCUT2D eigenvalue weighted by Crippen LogP contribution is -2.44. The van der Waals surface area contributed by atoms with Crippen LogP contribution in [0.4, 0.5) is 10.2 Å². The van der Waals surface area contributed by atoms with Crippen molar-refractivity contribution < 1.29 is 13.9 Å². The summed E-state index contributed by atoms with van der Waals surface area (Å²) in [6, 6.07) is 7.73. The second-order valence-corrected chi connectivity index (χ2v) is 8.45. The molecule has 1 aliphatic rings. The molecule has 0 unspecified atom stereocenters. The van der Waals surface area contributed by atoms with E-state index in [0.717, 1.165) is 33.2 Å². The Kier molecular flexibility index (Phi) is 7.45. The fourth-order valence-corrected chi connectivity index (χ4v) is 3.85. The number of dihydropyridines is 1. The summed E-state index contributed by atoms with van der Waals surface area (Å²) in [5.74, 6) is -0.616. The van der Waals surface area contributed by atoms with E-state index in [1.165, 1.54) is 30.5 Å². The van der Waals surface area contributed by atoms with Crippen LogP contribution in [0.5, 0.6) is 5.75 Å². The molecule has 0 aliphatic carbocycles. The van der Waals surface area contributed by atoms with Crippen molar-refractivity contribution in [3.63, 3.8) is 0 Å². The number of aromatic amines is 1. The molecule has 13 nitrogen and oxygen atoms in total. The van der Waals surface area contributed by atoms with Crippen LogP contribution in [0, 0.1) is 11.2 Å². The molecular formula is C27H22FN9O4. The van der Waals surface area contributed by atoms with Gasteiger partial charge in [-0.1, -0.05) is 0 Å². The Morgan fingerprint density at radius 2 is 1.98 bits per heavy atom. The van der Waals surface area contributed by atoms with Gasteiger partial charge in [0.05, 0.1) is 29.6 Å². The van der Waals surface area contributed by atoms with Crippen LogP contribution in [0.15, 0.2) is 94.5 Å². The number of benzene rings is 1. The summed E-state index contributed by atoms with van der Waals surface area (Å²) < 4.78 is 21.1. The average Bonchev–Trinajstić information content (AvgIpc) is 3.51. The Balaban J connectivity index is 1.38. The van der Waals surface area contributed by atoms with Gasteiger partial charge in [-0.25, -0.2) is 28.4 Å². The molecule has 1 aliphatic heterocycles. The van der Waals surface area contributed by atoms with E-state index >= 15 is 0 Å². The molecule has 4 N–H and O–H groups in total. The van der Waals surface area contributed by atoms with Gasteiger partial charge in [-0.2, -0.15) is 5.10 Å². The summed E-state index contributed by atoms with van der Waals surface area (Å²) in [5.41, 5.74) is -0.229. The third-order valence-corrected chi connectivity index (χ3v) is 5.82. The van der Waals surface area contributed by atoms with Crippen molar-refractivity contribution in [2.24, 2.45) is 0 Å². The number of anilines is 1. The first-order valence-electron chi connectivity index (χ1n) is 12.2. The van der Waals surface area contributed by atoms with Gasteiger partial charge in [0.25, 0.3) is 11.5 Å². The lowest BCUT2D eigenvalue weighted by Gasteiger charge is -2.18. The highest BCUT2D eigenvalue weighted by atomic mass is 19.1. The van der Waals surface area contributed by atoms with Crippen molar-refractivity contribution in [1.29, 1.82) is 5.41 Å². The molecule has 1 amide bonds. The Bertz CT molecular complexity index is 1820. The van der Waals surface area contributed by atoms with Crippen molar-refractivity contribution in [3.8, 4) is 11.4 Å². The van der Waals surface area contributed by atoms with Gasteiger partial charge in [0.2, 0.25) is 5.69 Å². The van der Waals surface area contributed by atoms with Crippen molar-refractivity contribution >= 4 is 23.5 Å². The fraction of sp³-hybridized carbons (Fsp3) is 0.0741. The molecule has 0 atom stereocenters. The van der Waals surface area contributed by atoms with Crippen LogP contribution in [0.3, 0.4) is 0 Å². The maximum atomic E-state index is 13.4. The highest BCUT2D eigenvalue weighted by Gasteiger charge is 2.21. The number of imidazole rings is 1. The zero-order chi connectivity index (χ0) is 28.9. The van der Waals surface area contributed by atoms with E-state index in [9.17, 15) is 18.8 Å². The normalized spacial score (nSPS) is 13.7. The molecule has 1 aromatic carbocycles. The molecule has 0 bridgehead atoms. The fourth-order valence-electron chi connectivity index (χ4n) is 3.85. The molecule has 206 valence electrons. The number of nitrogens with zero attached hydrogens (tertiary/aromatic N) is 5. The van der Waals surface area contributed by atoms with Crippen LogP contribution in [0.1, 0.15) is 23.1 Å². The molecule has 0 saturated heterocycles. The average molecular weight is 556 g/mol. The van der Waals surface area contributed by atoms with E-state index in [-0.39, 0.29) is 18.1 Å². The van der Waals surface area contributed by atoms with E-state index in [4.69, 9.17) is 10.1 Å². The molecule has 14 heteroatoms. The zero-order valence-electron chi connectivity index (χ0n) is 21.5. The topological polar surface area (TPSA) is 173 Å². The van der Waals surface area contributed by atoms with Crippen molar-refractivity contribution in [2.75, 3.05) is 5.32 Å². The Morgan fingerprint density at radius 3 is 2.63 bits per heavy atom. The van der Waals surface area contributed by atoms with E-state index in [1.807, 2.05) is 0 Å². The van der Waals surface area contributed by atoms with Crippen LogP contribution < -0.4 is 26.6 Å². The Hall–Kier alpha value is -5.92. The van der Waals surface area contributed by atoms with Crippen LogP contribution in [0.2, 0.25) is 0 Å². The highest BCUT2D eigenvalue weighted by Crippen LogP contribution is 2.25. The van der Waals surface area contributed by atoms with Crippen LogP contribution in [-0.4, -0.2) is 41.4 Å². The number of aromatic nitrogens is 6. The molecule has 0 saturated carbocycles. The van der Waals surface area contributed by atoms with Crippen LogP contribution in [0.25, 0.3) is 11.3 Å². The summed E-state index contributed by atoms with van der Waals surface area (Å²) in [6.45, 7) is 1.71. The largest absolute Gasteiger partial charge is 0.454 e. The molecular weight excluding hydrogens is 533 g/mol. The molecule has 4 heterocycles. The number of hydrogen-bond donors (Lipinski definition) is 4. The number of nitrogens with one attached hydrogen (secondary N) is 4. The maximum absolute atomic E-state index is 13.4. The minimum Gasteiger partial charge on any atom is -0.454 e. The maximum Gasteiger partial charge on any atom is 0.352 e. The smallest absolute Gasteiger partial charge is 0.352 e. The number of carbonyl (C=O) groups is 1. The lowest BCUT2D eigenvalue weighted by atomic mass is 10.1. The van der Waals surface area contributed by atoms with Gasteiger partial charge in [-0.15, -0.1) is 0 Å². The quantitative estimate of drug-likeness (QED) is 0.240. The molecule has 41 heavy (non-hydrogen) atoms. The molecule has 5 rings (SSSR count). The number of hydrogen-bond acceptors (Lipinski definition) is 9. The third kappa shape index (κ3) is 5.61. The van der Waals surface area contributed by atoms with Gasteiger partial charge in [0, 0.05) is 30.7 Å². The Labute approximate surface area is 230 Å². The number of pyridine rings is 1. The number of allylic oxidation sites excluding steroid dienone is 3. The van der Waals surface area contributed by atoms with E-state index in [0.29, 0.717) is 22.9 Å². The summed E-state index contributed by atoms with van der Waals surface area (Å²) in [6.07, 6.45) is 10.8. The summed E-state index contributed by atoms with van der Waals surface area (Å²) in [4.78, 5) is 50.2. The number of carbonyl (C=O) groups excluding carboxylic acids is 1. The minimum absolute atomic E-state index is 0.0844. The van der Waals surface area contributed by atoms with Gasteiger partial charge in [-0.3, -0.25) is 9.59 Å². The zero-order valence-corrected chi connectivity index (χ0v) is 21.5. The van der Waals surface area contributed by atoms with Gasteiger partial charge in [-0.05, 0) is 55.5 Å². The van der Waals surface area contributed by atoms with Gasteiger partial charge in [0.1, 0.15) is 17.4 Å². The number of rotatable bonds is 8. The first-order valence-corrected chi connectivity index (χ1v) is 12.2. The van der Waals surface area contributed by atoms with Crippen molar-refractivity contribution in [1.82, 2.24) is 34.6 Å². The lowest BCUT2D eigenvalue weighted by molar-refractivity contribution is 0.101. The number of aryl methyl sites for hydroxylation is 1. The SMILES string of the molecule is CCn1nc(C(=O)Nc2ccc(OC3=CC(c4c[nH]cn4)=CN/C3=C\C=N)cn2)c(=O)n(-c2ccc(F)cc2)c1=O. The number of halogens is 1. The van der Waals surface area contributed by atoms with E-state index < -0.39 is 28.7 Å². The predicted molar refractivity (Wildman–Crippen MR) is 147 cm³/mol. The Morgan fingerprint density at radius 1 is 1.17 bits per heavy atom. The van der Waals surface area contributed by atoms with Crippen LogP contribution >= 0.6 is 0 Å². The molecule has 0 spiro atoms. The van der Waals surface area contributed by atoms with Crippen molar-refractivity contribution in [2.45, 2.75) is 13.5 Å². The molecule has 4 aromatic rings. The molecule has 0 radical (unpaired) electrons. The monoisotopic (exact) mass is 555 g/mol. The first-order chi connectivity index (χ1) is 19.9. The molecule has 3 aromatic heterocycles. The predicted octanol–water partition coefficient (Wildman–Crippen LogP) is 2.36. The molecule has 0 fully saturated rings. The van der Waals surface area contributed by atoms with Gasteiger partial charge in [0.15, 0.2) is 5.76 Å². The van der Waals surface area contributed by atoms with Gasteiger partial charge < -0.3 is 25.8 Å². The van der Waals surface area contributed by atoms with E-state index in [2.05, 4.69) is 30.7 Å². The highest BCUT2D eigenvalue weighted by molar-refractivity contribution is 6.02. The van der Waals surface area contributed by atoms with Gasteiger partial charge >= 0.3 is 5.69 Å².